The molecule has 4 atom stereocenters. The van der Waals surface area contributed by atoms with E-state index in [2.05, 4.69) is 26.1 Å². The molecule has 0 aromatic rings. The van der Waals surface area contributed by atoms with E-state index in [0.717, 1.165) is 6.54 Å². The van der Waals surface area contributed by atoms with E-state index in [0.29, 0.717) is 0 Å². The lowest BCUT2D eigenvalue weighted by molar-refractivity contribution is -0.0660. The largest absolute Gasteiger partial charge is 0.380 e. The van der Waals surface area contributed by atoms with Crippen LogP contribution in [0.1, 0.15) is 27.7 Å². The Bertz CT molecular complexity index is 188. The normalized spacial score (nSPS) is 39.9. The van der Waals surface area contributed by atoms with E-state index >= 15 is 0 Å². The van der Waals surface area contributed by atoms with E-state index in [1.165, 1.54) is 0 Å². The summed E-state index contributed by atoms with van der Waals surface area (Å²) in [4.78, 5) is 0. The van der Waals surface area contributed by atoms with Gasteiger partial charge in [-0.2, -0.15) is 0 Å². The summed E-state index contributed by atoms with van der Waals surface area (Å²) in [6, 6.07) is -0.0642. The van der Waals surface area contributed by atoms with E-state index < -0.39 is 6.17 Å². The van der Waals surface area contributed by atoms with Crippen LogP contribution in [0.5, 0.6) is 0 Å². The third kappa shape index (κ3) is 2.26. The third-order valence-electron chi connectivity index (χ3n) is 3.17. The second-order valence-corrected chi connectivity index (χ2v) is 5.31. The zero-order chi connectivity index (χ0) is 10.9. The van der Waals surface area contributed by atoms with Gasteiger partial charge < -0.3 is 10.1 Å². The van der Waals surface area contributed by atoms with Gasteiger partial charge in [0.2, 0.25) is 0 Å². The first-order valence-electron chi connectivity index (χ1n) is 5.28. The molecule has 0 radical (unpaired) electrons. The van der Waals surface area contributed by atoms with Crippen LogP contribution in [-0.2, 0) is 4.74 Å². The van der Waals surface area contributed by atoms with E-state index in [-0.39, 0.29) is 23.5 Å². The summed E-state index contributed by atoms with van der Waals surface area (Å²) in [5.74, 6) is -0.0243. The van der Waals surface area contributed by atoms with Crippen LogP contribution >= 0.6 is 0 Å². The van der Waals surface area contributed by atoms with Crippen molar-refractivity contribution in [1.82, 2.24) is 5.32 Å². The maximum absolute atomic E-state index is 14.0. The van der Waals surface area contributed by atoms with Crippen molar-refractivity contribution in [2.24, 2.45) is 11.3 Å². The molecule has 3 heteroatoms. The molecule has 0 spiro atoms. The maximum atomic E-state index is 14.0. The summed E-state index contributed by atoms with van der Waals surface area (Å²) >= 11 is 0. The highest BCUT2D eigenvalue weighted by Gasteiger charge is 2.44. The molecular weight excluding hydrogens is 181 g/mol. The van der Waals surface area contributed by atoms with Gasteiger partial charge >= 0.3 is 0 Å². The van der Waals surface area contributed by atoms with Gasteiger partial charge in [-0.1, -0.05) is 20.8 Å². The Balaban J connectivity index is 2.82. The first kappa shape index (κ1) is 11.9. The number of nitrogens with one attached hydrogen (secondary N) is 1. The van der Waals surface area contributed by atoms with Crippen LogP contribution in [0.3, 0.4) is 0 Å². The summed E-state index contributed by atoms with van der Waals surface area (Å²) in [6.45, 7) is 8.88. The molecule has 0 bridgehead atoms. The first-order chi connectivity index (χ1) is 6.38. The monoisotopic (exact) mass is 203 g/mol. The lowest BCUT2D eigenvalue weighted by Crippen LogP contribution is -2.57. The van der Waals surface area contributed by atoms with Gasteiger partial charge in [0.1, 0.15) is 6.17 Å². The highest BCUT2D eigenvalue weighted by atomic mass is 19.1. The van der Waals surface area contributed by atoms with E-state index in [4.69, 9.17) is 4.74 Å². The Kier molecular flexibility index (Phi) is 3.53. The summed E-state index contributed by atoms with van der Waals surface area (Å²) in [5, 5.41) is 3.13. The van der Waals surface area contributed by atoms with Crippen molar-refractivity contribution in [3.8, 4) is 0 Å². The molecule has 0 aliphatic carbocycles. The average molecular weight is 203 g/mol. The van der Waals surface area contributed by atoms with Crippen LogP contribution in [0.4, 0.5) is 4.39 Å². The van der Waals surface area contributed by atoms with Crippen LogP contribution in [-0.4, -0.2) is 32.0 Å². The molecule has 1 saturated heterocycles. The number of methoxy groups -OCH3 is 1. The van der Waals surface area contributed by atoms with Crippen LogP contribution in [0.2, 0.25) is 0 Å². The zero-order valence-corrected chi connectivity index (χ0v) is 9.80. The SMILES string of the molecule is COC1CNC(C)C(F)C1C(C)(C)C. The fraction of sp³-hybridized carbons (Fsp3) is 1.00. The molecular formula is C11H22FNO. The van der Waals surface area contributed by atoms with Crippen molar-refractivity contribution in [3.05, 3.63) is 0 Å². The number of alkyl halides is 1. The lowest BCUT2D eigenvalue weighted by Gasteiger charge is -2.44. The van der Waals surface area contributed by atoms with Crippen LogP contribution in [0.25, 0.3) is 0 Å². The molecule has 0 aromatic heterocycles. The van der Waals surface area contributed by atoms with Crippen LogP contribution in [0.15, 0.2) is 0 Å². The van der Waals surface area contributed by atoms with Crippen molar-refractivity contribution in [3.63, 3.8) is 0 Å². The van der Waals surface area contributed by atoms with Gasteiger partial charge in [-0.05, 0) is 12.3 Å². The number of halogens is 1. The van der Waals surface area contributed by atoms with Crippen LogP contribution < -0.4 is 5.32 Å². The van der Waals surface area contributed by atoms with Crippen molar-refractivity contribution >= 4 is 0 Å². The molecule has 84 valence electrons. The Morgan fingerprint density at radius 2 is 1.93 bits per heavy atom. The van der Waals surface area contributed by atoms with E-state index in [1.54, 1.807) is 7.11 Å². The van der Waals surface area contributed by atoms with Gasteiger partial charge in [0.05, 0.1) is 6.10 Å². The number of hydrogen-bond donors (Lipinski definition) is 1. The zero-order valence-electron chi connectivity index (χ0n) is 9.80. The van der Waals surface area contributed by atoms with Crippen molar-refractivity contribution in [1.29, 1.82) is 0 Å². The summed E-state index contributed by atoms with van der Waals surface area (Å²) < 4.78 is 19.4. The van der Waals surface area contributed by atoms with Gasteiger partial charge in [-0.15, -0.1) is 0 Å². The predicted octanol–water partition coefficient (Wildman–Crippen LogP) is 1.99. The molecule has 1 aliphatic heterocycles. The number of ether oxygens (including phenoxy) is 1. The van der Waals surface area contributed by atoms with Gasteiger partial charge in [-0.25, -0.2) is 4.39 Å². The quantitative estimate of drug-likeness (QED) is 0.703. The molecule has 1 aliphatic rings. The molecule has 2 nitrogen and oxygen atoms in total. The number of piperidine rings is 1. The lowest BCUT2D eigenvalue weighted by atomic mass is 9.71. The van der Waals surface area contributed by atoms with Crippen molar-refractivity contribution in [2.75, 3.05) is 13.7 Å². The molecule has 4 unspecified atom stereocenters. The second kappa shape index (κ2) is 4.15. The Morgan fingerprint density at radius 1 is 1.36 bits per heavy atom. The average Bonchev–Trinajstić information content (AvgIpc) is 2.07. The highest BCUT2D eigenvalue weighted by molar-refractivity contribution is 4.96. The number of hydrogen-bond acceptors (Lipinski definition) is 2. The topological polar surface area (TPSA) is 21.3 Å². The van der Waals surface area contributed by atoms with Crippen LogP contribution in [0, 0.1) is 11.3 Å². The molecule has 1 fully saturated rings. The van der Waals surface area contributed by atoms with Gasteiger partial charge in [0.15, 0.2) is 0 Å². The molecule has 1 N–H and O–H groups in total. The standard InChI is InChI=1S/C11H22FNO/c1-7-10(12)9(11(2,3)4)8(14-5)6-13-7/h7-10,13H,6H2,1-5H3. The Labute approximate surface area is 86.2 Å². The third-order valence-corrected chi connectivity index (χ3v) is 3.17. The smallest absolute Gasteiger partial charge is 0.121 e. The minimum absolute atomic E-state index is 0.0128. The summed E-state index contributed by atoms with van der Waals surface area (Å²) in [6.07, 6.45) is -0.838. The minimum Gasteiger partial charge on any atom is -0.380 e. The number of rotatable bonds is 1. The first-order valence-corrected chi connectivity index (χ1v) is 5.28. The van der Waals surface area contributed by atoms with E-state index in [1.807, 2.05) is 6.92 Å². The Morgan fingerprint density at radius 3 is 2.36 bits per heavy atom. The van der Waals surface area contributed by atoms with Gasteiger partial charge in [-0.3, -0.25) is 0 Å². The Hall–Kier alpha value is -0.150. The molecule has 0 amide bonds. The second-order valence-electron chi connectivity index (χ2n) is 5.31. The molecule has 1 rings (SSSR count). The van der Waals surface area contributed by atoms with E-state index in [9.17, 15) is 4.39 Å². The minimum atomic E-state index is -0.825. The van der Waals surface area contributed by atoms with Crippen molar-refractivity contribution < 1.29 is 9.13 Å². The predicted molar refractivity (Wildman–Crippen MR) is 56.1 cm³/mol. The van der Waals surface area contributed by atoms with Crippen molar-refractivity contribution in [2.45, 2.75) is 46.0 Å². The maximum Gasteiger partial charge on any atom is 0.121 e. The van der Waals surface area contributed by atoms with Gasteiger partial charge in [0, 0.05) is 25.6 Å². The summed E-state index contributed by atoms with van der Waals surface area (Å²) in [5.41, 5.74) is -0.0452. The molecule has 1 heterocycles. The fourth-order valence-electron chi connectivity index (χ4n) is 2.32. The molecule has 0 saturated carbocycles. The fourth-order valence-corrected chi connectivity index (χ4v) is 2.32. The summed E-state index contributed by atoms with van der Waals surface area (Å²) in [7, 11) is 1.66. The molecule has 0 aromatic carbocycles. The van der Waals surface area contributed by atoms with Gasteiger partial charge in [0.25, 0.3) is 0 Å². The molecule has 14 heavy (non-hydrogen) atoms. The highest BCUT2D eigenvalue weighted by Crippen LogP contribution is 2.37.